The van der Waals surface area contributed by atoms with Crippen LogP contribution in [0.1, 0.15) is 95.3 Å². The number of nitrogens with one attached hydrogen (secondary N) is 4. The number of hydrogen-bond acceptors (Lipinski definition) is 9. The summed E-state index contributed by atoms with van der Waals surface area (Å²) in [5.74, 6) is -1.73. The molecule has 0 unspecified atom stereocenters. The second-order valence-electron chi connectivity index (χ2n) is 14.7. The van der Waals surface area contributed by atoms with E-state index in [1.165, 1.54) is 25.1 Å². The van der Waals surface area contributed by atoms with Crippen molar-refractivity contribution in [1.29, 1.82) is 0 Å². The van der Waals surface area contributed by atoms with Gasteiger partial charge >= 0.3 is 0 Å². The van der Waals surface area contributed by atoms with Crippen molar-refractivity contribution in [3.05, 3.63) is 76.5 Å². The molecule has 57 heavy (non-hydrogen) atoms. The molecule has 1 aliphatic heterocycles. The normalized spacial score (nSPS) is 12.2. The van der Waals surface area contributed by atoms with Gasteiger partial charge < -0.3 is 36.5 Å². The highest BCUT2D eigenvalue weighted by Crippen LogP contribution is 2.40. The van der Waals surface area contributed by atoms with Crippen molar-refractivity contribution in [1.82, 2.24) is 21.3 Å². The minimum Gasteiger partial charge on any atom is -0.508 e. The lowest BCUT2D eigenvalue weighted by atomic mass is 9.92. The number of phenols is 1. The first-order valence-electron chi connectivity index (χ1n) is 19.4. The number of unbranched alkanes of at least 4 members (excludes halogenated alkanes) is 4. The van der Waals surface area contributed by atoms with Crippen LogP contribution in [-0.4, -0.2) is 65.6 Å². The average molecular weight is 784 g/mol. The van der Waals surface area contributed by atoms with Crippen LogP contribution in [0.15, 0.2) is 69.9 Å². The fraction of sp³-hybridized carbons (Fsp3) is 0.419. The Morgan fingerprint density at radius 2 is 1.47 bits per heavy atom. The van der Waals surface area contributed by atoms with E-state index in [4.69, 9.17) is 10.2 Å². The van der Waals surface area contributed by atoms with Gasteiger partial charge in [0.15, 0.2) is 11.2 Å². The third-order valence-corrected chi connectivity index (χ3v) is 9.48. The Labute approximate surface area is 331 Å². The number of benzene rings is 3. The first-order chi connectivity index (χ1) is 27.2. The third-order valence-electron chi connectivity index (χ3n) is 9.48. The van der Waals surface area contributed by atoms with E-state index < -0.39 is 36.3 Å². The summed E-state index contributed by atoms with van der Waals surface area (Å²) < 4.78 is 5.92. The molecule has 0 fully saturated rings. The Kier molecular flexibility index (Phi) is 16.3. The Morgan fingerprint density at radius 3 is 2.16 bits per heavy atom. The van der Waals surface area contributed by atoms with E-state index in [-0.39, 0.29) is 47.5 Å². The standard InChI is InChI=1S/C43H53N5O9/c1-26(2)22-35(43(56)46-25-40(54)47-34(42(44)55)10-8-9-21-45-27(3)49)48-39(53)12-7-5-4-6-11-36(52)28-13-15-29(16-14-28)41-32-19-17-30(50)23-37(32)57-38-24-31(51)18-20-33(38)41/h13-20,23-24,26,34-35,50H,4-12,21-22,25H2,1-3H3,(H2,44,55)(H,45,49)(H,46,56)(H,47,54)(H,48,53)/t34-,35-/m0/s1. The van der Waals surface area contributed by atoms with Crippen LogP contribution in [0.25, 0.3) is 33.4 Å². The molecule has 2 aromatic carbocycles. The molecule has 2 aromatic rings. The molecule has 14 nitrogen and oxygen atoms in total. The fourth-order valence-corrected chi connectivity index (χ4v) is 6.59. The molecular weight excluding hydrogens is 730 g/mol. The van der Waals surface area contributed by atoms with E-state index in [2.05, 4.69) is 21.3 Å². The van der Waals surface area contributed by atoms with Gasteiger partial charge in [0.2, 0.25) is 29.5 Å². The Hall–Kier alpha value is -6.05. The molecule has 0 aromatic heterocycles. The number of nitrogens with two attached hydrogens (primary N) is 1. The fourth-order valence-electron chi connectivity index (χ4n) is 6.59. The zero-order valence-electron chi connectivity index (χ0n) is 32.8. The minimum atomic E-state index is -0.919. The number of primary amides is 1. The van der Waals surface area contributed by atoms with Crippen molar-refractivity contribution in [2.24, 2.45) is 11.7 Å². The lowest BCUT2D eigenvalue weighted by Crippen LogP contribution is -2.51. The van der Waals surface area contributed by atoms with Crippen LogP contribution in [-0.2, 0) is 24.0 Å². The van der Waals surface area contributed by atoms with Crippen LogP contribution in [0.5, 0.6) is 5.75 Å². The summed E-state index contributed by atoms with van der Waals surface area (Å²) in [6, 6.07) is 14.9. The average Bonchev–Trinajstić information content (AvgIpc) is 3.16. The summed E-state index contributed by atoms with van der Waals surface area (Å²) in [6.07, 6.45) is 5.02. The van der Waals surface area contributed by atoms with Gasteiger partial charge in [0.1, 0.15) is 29.2 Å². The number of carbonyl (C=O) groups is 6. The molecule has 4 rings (SSSR count). The second-order valence-corrected chi connectivity index (χ2v) is 14.7. The maximum absolute atomic E-state index is 13.0. The highest BCUT2D eigenvalue weighted by molar-refractivity contribution is 6.03. The molecule has 2 aliphatic rings. The van der Waals surface area contributed by atoms with Gasteiger partial charge in [-0.25, -0.2) is 0 Å². The largest absolute Gasteiger partial charge is 0.508 e. The van der Waals surface area contributed by atoms with Crippen molar-refractivity contribution >= 4 is 46.3 Å². The van der Waals surface area contributed by atoms with Gasteiger partial charge in [0.25, 0.3) is 0 Å². The first kappa shape index (κ1) is 43.7. The molecule has 1 aliphatic carbocycles. The molecule has 7 N–H and O–H groups in total. The van der Waals surface area contributed by atoms with Crippen LogP contribution < -0.4 is 32.4 Å². The summed E-state index contributed by atoms with van der Waals surface area (Å²) in [7, 11) is 0. The molecule has 0 saturated heterocycles. The zero-order valence-corrected chi connectivity index (χ0v) is 32.8. The molecule has 0 bridgehead atoms. The summed E-state index contributed by atoms with van der Waals surface area (Å²) in [4.78, 5) is 86.1. The van der Waals surface area contributed by atoms with Crippen molar-refractivity contribution in [3.63, 3.8) is 0 Å². The number of rotatable bonds is 22. The number of Topliss-reactive ketones (excluding diaryl/α,β-unsaturated/α-hetero) is 1. The monoisotopic (exact) mass is 783 g/mol. The number of fused-ring (bicyclic) bond motifs is 2. The Morgan fingerprint density at radius 1 is 0.772 bits per heavy atom. The SMILES string of the molecule is CC(=O)NCCCC[C@H](NC(=O)CNC(=O)[C@H](CC(C)C)NC(=O)CCCCCCC(=O)c1ccc(-c2c3ccc(=O)cc-3oc3cc(O)ccc23)cc1)C(N)=O. The van der Waals surface area contributed by atoms with Crippen LogP contribution >= 0.6 is 0 Å². The van der Waals surface area contributed by atoms with Crippen LogP contribution in [0.3, 0.4) is 0 Å². The maximum atomic E-state index is 13.0. The zero-order chi connectivity index (χ0) is 41.5. The lowest BCUT2D eigenvalue weighted by molar-refractivity contribution is -0.131. The molecule has 304 valence electrons. The summed E-state index contributed by atoms with van der Waals surface area (Å²) in [5.41, 5.74) is 8.63. The Balaban J connectivity index is 1.19. The second kappa shape index (κ2) is 21.3. The lowest BCUT2D eigenvalue weighted by Gasteiger charge is -2.21. The van der Waals surface area contributed by atoms with Gasteiger partial charge in [-0.15, -0.1) is 0 Å². The van der Waals surface area contributed by atoms with Crippen molar-refractivity contribution in [2.75, 3.05) is 13.1 Å². The van der Waals surface area contributed by atoms with Gasteiger partial charge in [-0.2, -0.15) is 0 Å². The highest BCUT2D eigenvalue weighted by Gasteiger charge is 2.24. The molecule has 14 heteroatoms. The molecule has 5 amide bonds. The van der Waals surface area contributed by atoms with Crippen LogP contribution in [0.4, 0.5) is 0 Å². The predicted octanol–water partition coefficient (Wildman–Crippen LogP) is 4.72. The van der Waals surface area contributed by atoms with E-state index in [1.54, 1.807) is 30.3 Å². The summed E-state index contributed by atoms with van der Waals surface area (Å²) in [5, 5.41) is 21.3. The molecule has 1 heterocycles. The van der Waals surface area contributed by atoms with Crippen molar-refractivity contribution in [3.8, 4) is 28.2 Å². The van der Waals surface area contributed by atoms with E-state index in [0.717, 1.165) is 34.9 Å². The minimum absolute atomic E-state index is 0.00180. The summed E-state index contributed by atoms with van der Waals surface area (Å²) >= 11 is 0. The maximum Gasteiger partial charge on any atom is 0.243 e. The van der Waals surface area contributed by atoms with Gasteiger partial charge in [-0.1, -0.05) is 51.0 Å². The third kappa shape index (κ3) is 13.6. The molecule has 0 radical (unpaired) electrons. The van der Waals surface area contributed by atoms with Gasteiger partial charge in [-0.3, -0.25) is 33.6 Å². The van der Waals surface area contributed by atoms with Crippen LogP contribution in [0.2, 0.25) is 0 Å². The molecule has 0 spiro atoms. The Bertz CT molecular complexity index is 2080. The van der Waals surface area contributed by atoms with E-state index in [0.29, 0.717) is 62.0 Å². The van der Waals surface area contributed by atoms with E-state index >= 15 is 0 Å². The number of ketones is 1. The number of phenolic OH excluding ortho intramolecular Hbond substituents is 1. The number of amides is 5. The van der Waals surface area contributed by atoms with E-state index in [1.807, 2.05) is 26.0 Å². The number of hydrogen-bond donors (Lipinski definition) is 6. The number of carbonyl (C=O) groups excluding carboxylic acids is 6. The van der Waals surface area contributed by atoms with Gasteiger partial charge in [0, 0.05) is 60.5 Å². The van der Waals surface area contributed by atoms with Crippen molar-refractivity contribution < 1.29 is 38.3 Å². The first-order valence-corrected chi connectivity index (χ1v) is 19.4. The van der Waals surface area contributed by atoms with Crippen LogP contribution in [0, 0.1) is 5.92 Å². The quantitative estimate of drug-likeness (QED) is 0.0368. The molecule has 2 atom stereocenters. The smallest absolute Gasteiger partial charge is 0.243 e. The van der Waals surface area contributed by atoms with E-state index in [9.17, 15) is 38.7 Å². The molecule has 0 saturated carbocycles. The predicted molar refractivity (Wildman–Crippen MR) is 216 cm³/mol. The topological polar surface area (TPSA) is 227 Å². The highest BCUT2D eigenvalue weighted by atomic mass is 16.3. The summed E-state index contributed by atoms with van der Waals surface area (Å²) in [6.45, 7) is 5.29. The van der Waals surface area contributed by atoms with Gasteiger partial charge in [-0.05, 0) is 74.3 Å². The van der Waals surface area contributed by atoms with Crippen molar-refractivity contribution in [2.45, 2.75) is 97.1 Å². The number of aromatic hydroxyl groups is 1. The molecular formula is C43H53N5O9. The van der Waals surface area contributed by atoms with Gasteiger partial charge in [0.05, 0.1) is 6.54 Å².